The van der Waals surface area contributed by atoms with Crippen LogP contribution in [0.1, 0.15) is 66.1 Å². The maximum atomic E-state index is 14.3. The Bertz CT molecular complexity index is 1520. The molecule has 0 amide bonds. The predicted molar refractivity (Wildman–Crippen MR) is 115 cm³/mol. The summed E-state index contributed by atoms with van der Waals surface area (Å²) in [6.07, 6.45) is -0.693. The number of nitriles is 1. The van der Waals surface area contributed by atoms with Crippen molar-refractivity contribution >= 4 is 11.0 Å². The Morgan fingerprint density at radius 3 is 2.57 bits per heavy atom. The molecule has 35 heavy (non-hydrogen) atoms. The number of alkyl halides is 3. The van der Waals surface area contributed by atoms with E-state index in [4.69, 9.17) is 0 Å². The molecule has 1 aliphatic rings. The highest BCUT2D eigenvalue weighted by molar-refractivity contribution is 5.80. The average Bonchev–Trinajstić information content (AvgIpc) is 3.18. The summed E-state index contributed by atoms with van der Waals surface area (Å²) < 4.78 is 54.3. The van der Waals surface area contributed by atoms with Gasteiger partial charge >= 0.3 is 6.18 Å². The molecule has 3 atom stereocenters. The van der Waals surface area contributed by atoms with Crippen LogP contribution in [0.3, 0.4) is 0 Å². The highest BCUT2D eigenvalue weighted by atomic mass is 19.4. The Kier molecular flexibility index (Phi) is 5.35. The van der Waals surface area contributed by atoms with E-state index in [1.807, 2.05) is 6.07 Å². The molecule has 5 rings (SSSR count). The number of halogens is 4. The van der Waals surface area contributed by atoms with Crippen molar-refractivity contribution in [3.63, 3.8) is 0 Å². The fraction of sp³-hybridized carbons (Fsp3) is 0.304. The molecule has 8 nitrogen and oxygen atoms in total. The smallest absolute Gasteiger partial charge is 0.310 e. The lowest BCUT2D eigenvalue weighted by atomic mass is 9.71. The van der Waals surface area contributed by atoms with Gasteiger partial charge in [-0.3, -0.25) is 14.8 Å². The van der Waals surface area contributed by atoms with Crippen molar-refractivity contribution in [2.45, 2.75) is 43.8 Å². The highest BCUT2D eigenvalue weighted by Gasteiger charge is 2.38. The van der Waals surface area contributed by atoms with Gasteiger partial charge in [-0.25, -0.2) is 14.1 Å². The number of hydrogen-bond acceptors (Lipinski definition) is 6. The van der Waals surface area contributed by atoms with Gasteiger partial charge < -0.3 is 4.98 Å². The van der Waals surface area contributed by atoms with E-state index in [2.05, 4.69) is 25.0 Å². The second-order valence-electron chi connectivity index (χ2n) is 8.37. The van der Waals surface area contributed by atoms with Crippen LogP contribution < -0.4 is 5.56 Å². The SMILES string of the molecule is C[C@H](c1ccc(C(F)(F)F)nc1)n1nc(C#N)c2c(=O)[nH]c([C@H]3CC[C@@H]3c3ncccc3F)nc21. The molecule has 0 bridgehead atoms. The van der Waals surface area contributed by atoms with E-state index in [1.165, 1.54) is 29.1 Å². The molecule has 4 aromatic heterocycles. The van der Waals surface area contributed by atoms with Gasteiger partial charge in [0, 0.05) is 24.2 Å². The van der Waals surface area contributed by atoms with E-state index < -0.39 is 29.3 Å². The van der Waals surface area contributed by atoms with E-state index in [1.54, 1.807) is 6.92 Å². The largest absolute Gasteiger partial charge is 0.433 e. The Hall–Kier alpha value is -4.14. The molecule has 0 aliphatic heterocycles. The van der Waals surface area contributed by atoms with E-state index >= 15 is 0 Å². The van der Waals surface area contributed by atoms with Crippen LogP contribution in [0.5, 0.6) is 0 Å². The van der Waals surface area contributed by atoms with E-state index in [9.17, 15) is 27.6 Å². The third kappa shape index (κ3) is 3.82. The van der Waals surface area contributed by atoms with Gasteiger partial charge in [0.2, 0.25) is 0 Å². The quantitative estimate of drug-likeness (QED) is 0.435. The number of pyridine rings is 2. The molecule has 1 N–H and O–H groups in total. The van der Waals surface area contributed by atoms with Gasteiger partial charge in [-0.05, 0) is 43.5 Å². The topological polar surface area (TPSA) is 113 Å². The highest BCUT2D eigenvalue weighted by Crippen LogP contribution is 2.48. The van der Waals surface area contributed by atoms with Crippen molar-refractivity contribution in [2.75, 3.05) is 0 Å². The summed E-state index contributed by atoms with van der Waals surface area (Å²) in [5.74, 6) is -0.702. The van der Waals surface area contributed by atoms with Gasteiger partial charge in [-0.1, -0.05) is 6.07 Å². The molecule has 4 aromatic rings. The average molecular weight is 483 g/mol. The zero-order chi connectivity index (χ0) is 24.9. The Labute approximate surface area is 195 Å². The summed E-state index contributed by atoms with van der Waals surface area (Å²) in [7, 11) is 0. The normalized spacial score (nSPS) is 18.7. The van der Waals surface area contributed by atoms with Gasteiger partial charge in [0.1, 0.15) is 28.8 Å². The molecular weight excluding hydrogens is 466 g/mol. The van der Waals surface area contributed by atoms with Crippen molar-refractivity contribution < 1.29 is 17.6 Å². The first-order valence-electron chi connectivity index (χ1n) is 10.7. The van der Waals surface area contributed by atoms with Gasteiger partial charge in [0.25, 0.3) is 5.56 Å². The van der Waals surface area contributed by atoms with Crippen molar-refractivity contribution in [2.24, 2.45) is 0 Å². The summed E-state index contributed by atoms with van der Waals surface area (Å²) >= 11 is 0. The molecule has 0 aromatic carbocycles. The lowest BCUT2D eigenvalue weighted by Crippen LogP contribution is -2.28. The number of hydrogen-bond donors (Lipinski definition) is 1. The van der Waals surface area contributed by atoms with E-state index in [-0.39, 0.29) is 28.6 Å². The molecule has 0 unspecified atom stereocenters. The molecule has 12 heteroatoms. The van der Waals surface area contributed by atoms with Gasteiger partial charge in [-0.15, -0.1) is 0 Å². The molecule has 4 heterocycles. The Morgan fingerprint density at radius 1 is 1.20 bits per heavy atom. The van der Waals surface area contributed by atoms with Crippen LogP contribution in [0.25, 0.3) is 11.0 Å². The Morgan fingerprint density at radius 2 is 1.97 bits per heavy atom. The fourth-order valence-electron chi connectivity index (χ4n) is 4.37. The number of rotatable bonds is 4. The van der Waals surface area contributed by atoms with Crippen molar-refractivity contribution in [1.29, 1.82) is 5.26 Å². The first-order valence-corrected chi connectivity index (χ1v) is 10.7. The molecule has 178 valence electrons. The fourth-order valence-corrected chi connectivity index (χ4v) is 4.37. The number of aromatic nitrogens is 6. The predicted octanol–water partition coefficient (Wildman–Crippen LogP) is 4.21. The summed E-state index contributed by atoms with van der Waals surface area (Å²) in [6, 6.07) is 6.13. The van der Waals surface area contributed by atoms with Crippen molar-refractivity contribution in [1.82, 2.24) is 29.7 Å². The van der Waals surface area contributed by atoms with Gasteiger partial charge in [-0.2, -0.15) is 23.5 Å². The number of fused-ring (bicyclic) bond motifs is 1. The maximum Gasteiger partial charge on any atom is 0.433 e. The van der Waals surface area contributed by atoms with Crippen LogP contribution in [0.2, 0.25) is 0 Å². The minimum absolute atomic E-state index is 0.0251. The van der Waals surface area contributed by atoms with Crippen LogP contribution in [0.4, 0.5) is 17.6 Å². The number of nitrogens with one attached hydrogen (secondary N) is 1. The first-order chi connectivity index (χ1) is 16.7. The lowest BCUT2D eigenvalue weighted by Gasteiger charge is -2.35. The lowest BCUT2D eigenvalue weighted by molar-refractivity contribution is -0.141. The minimum atomic E-state index is -4.58. The molecule has 0 saturated heterocycles. The minimum Gasteiger partial charge on any atom is -0.310 e. The third-order valence-electron chi connectivity index (χ3n) is 6.38. The summed E-state index contributed by atoms with van der Waals surface area (Å²) in [6.45, 7) is 1.65. The van der Waals surface area contributed by atoms with E-state index in [0.29, 0.717) is 29.9 Å². The van der Waals surface area contributed by atoms with Crippen LogP contribution in [-0.4, -0.2) is 29.7 Å². The Balaban J connectivity index is 1.58. The second kappa shape index (κ2) is 8.26. The third-order valence-corrected chi connectivity index (χ3v) is 6.38. The molecule has 1 fully saturated rings. The molecule has 1 aliphatic carbocycles. The number of nitrogens with zero attached hydrogens (tertiary/aromatic N) is 6. The first kappa shape index (κ1) is 22.6. The molecular formula is C23H17F4N7O. The van der Waals surface area contributed by atoms with Crippen LogP contribution in [0, 0.1) is 17.1 Å². The van der Waals surface area contributed by atoms with Crippen LogP contribution >= 0.6 is 0 Å². The second-order valence-corrected chi connectivity index (χ2v) is 8.37. The molecule has 1 saturated carbocycles. The van der Waals surface area contributed by atoms with Crippen LogP contribution in [-0.2, 0) is 6.18 Å². The van der Waals surface area contributed by atoms with Crippen molar-refractivity contribution in [3.05, 3.63) is 81.3 Å². The van der Waals surface area contributed by atoms with Gasteiger partial charge in [0.15, 0.2) is 11.3 Å². The maximum absolute atomic E-state index is 14.3. The van der Waals surface area contributed by atoms with Gasteiger partial charge in [0.05, 0.1) is 11.7 Å². The van der Waals surface area contributed by atoms with Crippen molar-refractivity contribution in [3.8, 4) is 6.07 Å². The van der Waals surface area contributed by atoms with Crippen LogP contribution in [0.15, 0.2) is 41.5 Å². The number of H-pyrrole nitrogens is 1. The van der Waals surface area contributed by atoms with E-state index in [0.717, 1.165) is 12.3 Å². The zero-order valence-electron chi connectivity index (χ0n) is 18.2. The molecule has 0 spiro atoms. The standard InChI is InChI=1S/C23H17F4N7O/c1-11(12-4-7-17(30-10-12)23(25,26)27)34-21-18(16(9-28)33-34)22(35)32-20(31-21)14-6-5-13(14)19-15(24)3-2-8-29-19/h2-4,7-8,10-11,13-14H,5-6H2,1H3,(H,31,32,35)/t11-,13+,14+/m1/s1. The molecule has 0 radical (unpaired) electrons. The summed E-state index contributed by atoms with van der Waals surface area (Å²) in [5.41, 5.74) is -0.980. The summed E-state index contributed by atoms with van der Waals surface area (Å²) in [4.78, 5) is 27.8. The summed E-state index contributed by atoms with van der Waals surface area (Å²) in [5, 5.41) is 13.7. The number of aromatic amines is 1. The monoisotopic (exact) mass is 483 g/mol. The zero-order valence-corrected chi connectivity index (χ0v) is 18.2.